The summed E-state index contributed by atoms with van der Waals surface area (Å²) in [6, 6.07) is 0. The van der Waals surface area contributed by atoms with Crippen LogP contribution in [0.5, 0.6) is 0 Å². The molecule has 0 amide bonds. The predicted octanol–water partition coefficient (Wildman–Crippen LogP) is 0.481. The highest BCUT2D eigenvalue weighted by atomic mass is 16.5. The standard InChI is InChI=1S/C18H36N2O5/c1-3-19-5-11-22-15-17-24-13-7-20(4-2-10-21-9-1)8-14-25-18-16-23-12-6-19/h1-18H2. The van der Waals surface area contributed by atoms with Crippen LogP contribution in [0, 0.1) is 0 Å². The van der Waals surface area contributed by atoms with E-state index in [4.69, 9.17) is 23.7 Å². The van der Waals surface area contributed by atoms with Crippen LogP contribution in [0.2, 0.25) is 0 Å². The average Bonchev–Trinajstić information content (AvgIpc) is 2.62. The lowest BCUT2D eigenvalue weighted by Crippen LogP contribution is -2.33. The van der Waals surface area contributed by atoms with Gasteiger partial charge in [0.25, 0.3) is 0 Å². The largest absolute Gasteiger partial charge is 0.381 e. The zero-order chi connectivity index (χ0) is 17.4. The van der Waals surface area contributed by atoms with Crippen molar-refractivity contribution in [3.05, 3.63) is 0 Å². The van der Waals surface area contributed by atoms with Crippen LogP contribution in [0.3, 0.4) is 0 Å². The summed E-state index contributed by atoms with van der Waals surface area (Å²) in [6.45, 7) is 13.0. The molecule has 7 nitrogen and oxygen atoms in total. The van der Waals surface area contributed by atoms with Crippen molar-refractivity contribution in [1.82, 2.24) is 9.80 Å². The molecule has 0 N–H and O–H groups in total. The second-order valence-corrected chi connectivity index (χ2v) is 6.45. The third-order valence-corrected chi connectivity index (χ3v) is 4.48. The van der Waals surface area contributed by atoms with E-state index in [2.05, 4.69) is 9.80 Å². The van der Waals surface area contributed by atoms with Gasteiger partial charge in [-0.05, 0) is 12.8 Å². The van der Waals surface area contributed by atoms with Crippen molar-refractivity contribution < 1.29 is 23.7 Å². The molecular weight excluding hydrogens is 324 g/mol. The summed E-state index contributed by atoms with van der Waals surface area (Å²) in [4.78, 5) is 4.78. The lowest BCUT2D eigenvalue weighted by Gasteiger charge is -2.22. The number of nitrogens with zero attached hydrogens (tertiary/aromatic N) is 2. The quantitative estimate of drug-likeness (QED) is 0.623. The van der Waals surface area contributed by atoms with E-state index in [1.54, 1.807) is 0 Å². The van der Waals surface area contributed by atoms with Gasteiger partial charge in [-0.25, -0.2) is 0 Å². The first kappa shape index (κ1) is 21.0. The Labute approximate surface area is 152 Å². The zero-order valence-electron chi connectivity index (χ0n) is 15.7. The molecule has 2 aliphatic heterocycles. The highest BCUT2D eigenvalue weighted by Crippen LogP contribution is 1.99. The van der Waals surface area contributed by atoms with Crippen molar-refractivity contribution in [2.45, 2.75) is 12.8 Å². The minimum absolute atomic E-state index is 0.663. The third kappa shape index (κ3) is 11.1. The van der Waals surface area contributed by atoms with E-state index in [0.717, 1.165) is 91.8 Å². The van der Waals surface area contributed by atoms with Crippen molar-refractivity contribution >= 4 is 0 Å². The molecule has 7 heteroatoms. The molecule has 0 unspecified atom stereocenters. The van der Waals surface area contributed by atoms with E-state index in [1.807, 2.05) is 0 Å². The molecule has 0 saturated carbocycles. The Morgan fingerprint density at radius 3 is 1.00 bits per heavy atom. The molecule has 0 radical (unpaired) electrons. The number of ether oxygens (including phenoxy) is 5. The third-order valence-electron chi connectivity index (χ3n) is 4.48. The molecular formula is C18H36N2O5. The Kier molecular flexibility index (Phi) is 12.5. The number of hydrogen-bond donors (Lipinski definition) is 0. The van der Waals surface area contributed by atoms with Crippen molar-refractivity contribution in [1.29, 1.82) is 0 Å². The van der Waals surface area contributed by atoms with Crippen molar-refractivity contribution in [3.8, 4) is 0 Å². The minimum Gasteiger partial charge on any atom is -0.381 e. The molecule has 2 fully saturated rings. The van der Waals surface area contributed by atoms with Crippen LogP contribution in [0.25, 0.3) is 0 Å². The van der Waals surface area contributed by atoms with Gasteiger partial charge in [-0.3, -0.25) is 9.80 Å². The first-order valence-corrected chi connectivity index (χ1v) is 9.78. The van der Waals surface area contributed by atoms with Crippen LogP contribution in [-0.4, -0.2) is 115 Å². The first-order valence-electron chi connectivity index (χ1n) is 9.78. The topological polar surface area (TPSA) is 52.6 Å². The summed E-state index contributed by atoms with van der Waals surface area (Å²) >= 11 is 0. The fraction of sp³-hybridized carbons (Fsp3) is 1.00. The van der Waals surface area contributed by atoms with Crippen molar-refractivity contribution in [2.24, 2.45) is 0 Å². The Morgan fingerprint density at radius 1 is 0.320 bits per heavy atom. The maximum Gasteiger partial charge on any atom is 0.0701 e. The molecule has 0 aliphatic carbocycles. The van der Waals surface area contributed by atoms with Crippen molar-refractivity contribution in [3.63, 3.8) is 0 Å². The Morgan fingerprint density at radius 2 is 0.640 bits per heavy atom. The SMILES string of the molecule is C1COCCCN2CCOCCOCCN(C1)CCOCCOCC2. The molecule has 2 rings (SSSR count). The Balaban J connectivity index is 1.88. The van der Waals surface area contributed by atoms with Gasteiger partial charge in [-0.2, -0.15) is 0 Å². The van der Waals surface area contributed by atoms with Crippen LogP contribution < -0.4 is 0 Å². The van der Waals surface area contributed by atoms with Crippen LogP contribution >= 0.6 is 0 Å². The van der Waals surface area contributed by atoms with Crippen LogP contribution in [0.4, 0.5) is 0 Å². The predicted molar refractivity (Wildman–Crippen MR) is 96.2 cm³/mol. The van der Waals surface area contributed by atoms with Gasteiger partial charge in [0.2, 0.25) is 0 Å². The molecule has 0 aromatic rings. The van der Waals surface area contributed by atoms with E-state index in [-0.39, 0.29) is 0 Å². The Hall–Kier alpha value is -0.280. The van der Waals surface area contributed by atoms with Crippen molar-refractivity contribution in [2.75, 3.05) is 105 Å². The van der Waals surface area contributed by atoms with Gasteiger partial charge in [-0.1, -0.05) is 0 Å². The molecule has 0 atom stereocenters. The van der Waals surface area contributed by atoms with E-state index < -0.39 is 0 Å². The van der Waals surface area contributed by atoms with Gasteiger partial charge in [-0.15, -0.1) is 0 Å². The average molecular weight is 360 g/mol. The lowest BCUT2D eigenvalue weighted by atomic mass is 10.3. The van der Waals surface area contributed by atoms with Gasteiger partial charge in [0.05, 0.1) is 52.9 Å². The summed E-state index contributed by atoms with van der Waals surface area (Å²) in [7, 11) is 0. The summed E-state index contributed by atoms with van der Waals surface area (Å²) in [5.41, 5.74) is 0. The molecule has 148 valence electrons. The monoisotopic (exact) mass is 360 g/mol. The van der Waals surface area contributed by atoms with Gasteiger partial charge >= 0.3 is 0 Å². The maximum absolute atomic E-state index is 5.80. The van der Waals surface area contributed by atoms with E-state index in [9.17, 15) is 0 Å². The van der Waals surface area contributed by atoms with E-state index in [0.29, 0.717) is 26.4 Å². The summed E-state index contributed by atoms with van der Waals surface area (Å²) < 4.78 is 28.6. The molecule has 25 heavy (non-hydrogen) atoms. The second-order valence-electron chi connectivity index (χ2n) is 6.45. The zero-order valence-corrected chi connectivity index (χ0v) is 15.7. The van der Waals surface area contributed by atoms with Crippen LogP contribution in [-0.2, 0) is 23.7 Å². The molecule has 2 saturated heterocycles. The highest BCUT2D eigenvalue weighted by molar-refractivity contribution is 4.60. The summed E-state index contributed by atoms with van der Waals surface area (Å²) in [5, 5.41) is 0. The maximum atomic E-state index is 5.80. The lowest BCUT2D eigenvalue weighted by molar-refractivity contribution is 0.00827. The minimum atomic E-state index is 0.663. The smallest absolute Gasteiger partial charge is 0.0701 e. The van der Waals surface area contributed by atoms with Crippen LogP contribution in [0.1, 0.15) is 12.8 Å². The van der Waals surface area contributed by atoms with Gasteiger partial charge < -0.3 is 23.7 Å². The van der Waals surface area contributed by atoms with E-state index >= 15 is 0 Å². The van der Waals surface area contributed by atoms with Crippen LogP contribution in [0.15, 0.2) is 0 Å². The number of rotatable bonds is 0. The fourth-order valence-corrected chi connectivity index (χ4v) is 2.97. The number of fused-ring (bicyclic) bond motifs is 8. The molecule has 2 aliphatic rings. The normalized spacial score (nSPS) is 30.7. The number of hydrogen-bond acceptors (Lipinski definition) is 7. The molecule has 2 heterocycles. The van der Waals surface area contributed by atoms with Gasteiger partial charge in [0.15, 0.2) is 0 Å². The molecule has 2 bridgehead atoms. The summed E-state index contributed by atoms with van der Waals surface area (Å²) in [5.74, 6) is 0. The summed E-state index contributed by atoms with van der Waals surface area (Å²) in [6.07, 6.45) is 2.10. The van der Waals surface area contributed by atoms with Gasteiger partial charge in [0, 0.05) is 52.5 Å². The molecule has 0 aromatic heterocycles. The second kappa shape index (κ2) is 14.8. The fourth-order valence-electron chi connectivity index (χ4n) is 2.97. The van der Waals surface area contributed by atoms with E-state index in [1.165, 1.54) is 0 Å². The Bertz CT molecular complexity index is 261. The molecule has 0 spiro atoms. The van der Waals surface area contributed by atoms with Gasteiger partial charge in [0.1, 0.15) is 0 Å². The molecule has 0 aromatic carbocycles. The highest BCUT2D eigenvalue weighted by Gasteiger charge is 2.08. The first-order chi connectivity index (χ1) is 12.4.